The number of nitrogens with zero attached hydrogens (tertiary/aromatic N) is 3. The van der Waals surface area contributed by atoms with Gasteiger partial charge in [-0.1, -0.05) is 18.5 Å². The number of likely N-dealkylation sites (N-methyl/N-ethyl adjacent to an activating group) is 1. The van der Waals surface area contributed by atoms with Gasteiger partial charge in [0.05, 0.1) is 0 Å². The molecule has 1 aromatic heterocycles. The lowest BCUT2D eigenvalue weighted by atomic mass is 10.2. The van der Waals surface area contributed by atoms with Gasteiger partial charge in [0.1, 0.15) is 16.8 Å². The van der Waals surface area contributed by atoms with Gasteiger partial charge in [0.25, 0.3) is 0 Å². The Morgan fingerprint density at radius 1 is 1.50 bits per heavy atom. The molecule has 1 N–H and O–H groups in total. The van der Waals surface area contributed by atoms with Gasteiger partial charge in [0.15, 0.2) is 0 Å². The monoisotopic (exact) mass is 268 g/mol. The molecule has 5 heteroatoms. The van der Waals surface area contributed by atoms with Crippen LogP contribution >= 0.6 is 11.6 Å². The number of aryl methyl sites for hydroxylation is 1. The summed E-state index contributed by atoms with van der Waals surface area (Å²) in [5, 5.41) is 3.90. The number of anilines is 1. The number of hydrogen-bond donors (Lipinski definition) is 1. The molecule has 0 saturated carbocycles. The maximum absolute atomic E-state index is 6.01. The highest BCUT2D eigenvalue weighted by molar-refractivity contribution is 6.29. The third-order valence-electron chi connectivity index (χ3n) is 3.41. The van der Waals surface area contributed by atoms with Gasteiger partial charge in [-0.3, -0.25) is 0 Å². The Morgan fingerprint density at radius 3 is 3.00 bits per heavy atom. The van der Waals surface area contributed by atoms with E-state index in [2.05, 4.69) is 34.2 Å². The van der Waals surface area contributed by atoms with Crippen LogP contribution in [-0.4, -0.2) is 41.0 Å². The Kier molecular flexibility index (Phi) is 4.78. The molecule has 0 amide bonds. The van der Waals surface area contributed by atoms with E-state index in [0.717, 1.165) is 31.0 Å². The largest absolute Gasteiger partial charge is 0.368 e. The van der Waals surface area contributed by atoms with Gasteiger partial charge >= 0.3 is 0 Å². The third kappa shape index (κ3) is 3.56. The number of aromatic nitrogens is 2. The molecule has 1 aliphatic heterocycles. The molecule has 1 fully saturated rings. The quantitative estimate of drug-likeness (QED) is 0.834. The zero-order chi connectivity index (χ0) is 13.0. The molecule has 1 unspecified atom stereocenters. The summed E-state index contributed by atoms with van der Waals surface area (Å²) in [5.74, 6) is 1.67. The third-order valence-corrected chi connectivity index (χ3v) is 3.60. The highest BCUT2D eigenvalue weighted by Crippen LogP contribution is 2.17. The van der Waals surface area contributed by atoms with Crippen LogP contribution in [0.1, 0.15) is 32.0 Å². The van der Waals surface area contributed by atoms with Crippen molar-refractivity contribution in [3.8, 4) is 0 Å². The molecule has 18 heavy (non-hydrogen) atoms. The molecule has 100 valence electrons. The van der Waals surface area contributed by atoms with Crippen molar-refractivity contribution in [3.63, 3.8) is 0 Å². The summed E-state index contributed by atoms with van der Waals surface area (Å²) in [5.41, 5.74) is 0. The first-order valence-electron chi connectivity index (χ1n) is 6.66. The van der Waals surface area contributed by atoms with E-state index >= 15 is 0 Å². The first-order chi connectivity index (χ1) is 8.69. The molecule has 0 aliphatic carbocycles. The first kappa shape index (κ1) is 13.6. The fourth-order valence-electron chi connectivity index (χ4n) is 2.35. The van der Waals surface area contributed by atoms with Gasteiger partial charge in [-0.15, -0.1) is 0 Å². The molecule has 1 saturated heterocycles. The molecule has 0 bridgehead atoms. The molecule has 0 aromatic carbocycles. The molecule has 0 spiro atoms. The number of nitrogens with one attached hydrogen (secondary N) is 1. The van der Waals surface area contributed by atoms with Crippen LogP contribution in [0, 0.1) is 0 Å². The summed E-state index contributed by atoms with van der Waals surface area (Å²) in [6.45, 7) is 4.23. The number of likely N-dealkylation sites (tertiary alicyclic amines) is 1. The van der Waals surface area contributed by atoms with Crippen molar-refractivity contribution in [2.75, 3.05) is 25.5 Å². The molecular formula is C13H21ClN4. The van der Waals surface area contributed by atoms with E-state index in [1.54, 1.807) is 6.07 Å². The highest BCUT2D eigenvalue weighted by Gasteiger charge is 2.20. The Hall–Kier alpha value is -0.870. The van der Waals surface area contributed by atoms with Crippen LogP contribution in [0.5, 0.6) is 0 Å². The smallest absolute Gasteiger partial charge is 0.134 e. The van der Waals surface area contributed by atoms with E-state index < -0.39 is 0 Å². The SMILES string of the molecule is CCCc1nc(Cl)cc(NCC2CCCN2C)n1. The average molecular weight is 269 g/mol. The fraction of sp³-hybridized carbons (Fsp3) is 0.692. The van der Waals surface area contributed by atoms with Crippen LogP contribution in [0.4, 0.5) is 5.82 Å². The second kappa shape index (κ2) is 6.34. The maximum atomic E-state index is 6.01. The summed E-state index contributed by atoms with van der Waals surface area (Å²) < 4.78 is 0. The van der Waals surface area contributed by atoms with Crippen LogP contribution < -0.4 is 5.32 Å². The van der Waals surface area contributed by atoms with Crippen molar-refractivity contribution < 1.29 is 0 Å². The van der Waals surface area contributed by atoms with Gasteiger partial charge < -0.3 is 10.2 Å². The minimum atomic E-state index is 0.524. The van der Waals surface area contributed by atoms with Gasteiger partial charge in [0.2, 0.25) is 0 Å². The minimum absolute atomic E-state index is 0.524. The van der Waals surface area contributed by atoms with E-state index in [-0.39, 0.29) is 0 Å². The second-order valence-corrected chi connectivity index (χ2v) is 5.29. The molecule has 0 radical (unpaired) electrons. The van der Waals surface area contributed by atoms with Crippen molar-refractivity contribution in [1.29, 1.82) is 0 Å². The van der Waals surface area contributed by atoms with Crippen molar-refractivity contribution in [2.45, 2.75) is 38.6 Å². The van der Waals surface area contributed by atoms with E-state index in [1.807, 2.05) is 0 Å². The van der Waals surface area contributed by atoms with Gasteiger partial charge in [0, 0.05) is 25.1 Å². The summed E-state index contributed by atoms with van der Waals surface area (Å²) in [6.07, 6.45) is 4.45. The van der Waals surface area contributed by atoms with Crippen LogP contribution in [0.25, 0.3) is 0 Å². The average Bonchev–Trinajstić information content (AvgIpc) is 2.72. The van der Waals surface area contributed by atoms with Crippen LogP contribution in [0.3, 0.4) is 0 Å². The van der Waals surface area contributed by atoms with Crippen molar-refractivity contribution in [3.05, 3.63) is 17.0 Å². The second-order valence-electron chi connectivity index (χ2n) is 4.90. The van der Waals surface area contributed by atoms with E-state index in [1.165, 1.54) is 19.4 Å². The van der Waals surface area contributed by atoms with E-state index in [9.17, 15) is 0 Å². The Balaban J connectivity index is 1.95. The van der Waals surface area contributed by atoms with Crippen LogP contribution in [0.15, 0.2) is 6.07 Å². The van der Waals surface area contributed by atoms with Crippen molar-refractivity contribution in [1.82, 2.24) is 14.9 Å². The van der Waals surface area contributed by atoms with Gasteiger partial charge in [-0.05, 0) is 32.9 Å². The Bertz CT molecular complexity index is 397. The number of hydrogen-bond acceptors (Lipinski definition) is 4. The summed E-state index contributed by atoms with van der Waals surface area (Å²) in [7, 11) is 2.18. The van der Waals surface area contributed by atoms with Crippen molar-refractivity contribution in [2.24, 2.45) is 0 Å². The van der Waals surface area contributed by atoms with E-state index in [0.29, 0.717) is 11.2 Å². The summed E-state index contributed by atoms with van der Waals surface area (Å²) >= 11 is 6.01. The molecule has 1 atom stereocenters. The van der Waals surface area contributed by atoms with Crippen molar-refractivity contribution >= 4 is 17.4 Å². The normalized spacial score (nSPS) is 20.3. The summed E-state index contributed by atoms with van der Waals surface area (Å²) in [6, 6.07) is 2.41. The standard InChI is InChI=1S/C13H21ClN4/c1-3-5-12-16-11(14)8-13(17-12)15-9-10-6-4-7-18(10)2/h8,10H,3-7,9H2,1-2H3,(H,15,16,17). The number of rotatable bonds is 5. The van der Waals surface area contributed by atoms with Crippen LogP contribution in [-0.2, 0) is 6.42 Å². The molecule has 4 nitrogen and oxygen atoms in total. The minimum Gasteiger partial charge on any atom is -0.368 e. The predicted molar refractivity (Wildman–Crippen MR) is 75.2 cm³/mol. The van der Waals surface area contributed by atoms with E-state index in [4.69, 9.17) is 11.6 Å². The molecule has 1 aliphatic rings. The van der Waals surface area contributed by atoms with Gasteiger partial charge in [-0.25, -0.2) is 9.97 Å². The lowest BCUT2D eigenvalue weighted by Crippen LogP contribution is -2.31. The first-order valence-corrected chi connectivity index (χ1v) is 7.04. The topological polar surface area (TPSA) is 41.1 Å². The molecular weight excluding hydrogens is 248 g/mol. The number of halogens is 1. The predicted octanol–water partition coefficient (Wildman–Crippen LogP) is 2.59. The summed E-state index contributed by atoms with van der Waals surface area (Å²) in [4.78, 5) is 11.1. The lowest BCUT2D eigenvalue weighted by Gasteiger charge is -2.20. The zero-order valence-corrected chi connectivity index (χ0v) is 11.9. The van der Waals surface area contributed by atoms with Gasteiger partial charge in [-0.2, -0.15) is 0 Å². The molecule has 1 aromatic rings. The van der Waals surface area contributed by atoms with Crippen LogP contribution in [0.2, 0.25) is 5.15 Å². The maximum Gasteiger partial charge on any atom is 0.134 e. The molecule has 2 heterocycles. The Labute approximate surface area is 114 Å². The Morgan fingerprint density at radius 2 is 2.33 bits per heavy atom. The lowest BCUT2D eigenvalue weighted by molar-refractivity contribution is 0.322. The molecule has 2 rings (SSSR count). The zero-order valence-electron chi connectivity index (χ0n) is 11.1. The fourth-order valence-corrected chi connectivity index (χ4v) is 2.55. The highest BCUT2D eigenvalue weighted by atomic mass is 35.5.